The number of Topliss-reactive ketones (excluding diaryl/α,β-unsaturated/α-hetero) is 1. The number of rotatable bonds is 6. The third-order valence-electron chi connectivity index (χ3n) is 2.96. The van der Waals surface area contributed by atoms with E-state index in [1.165, 1.54) is 0 Å². The standard InChI is InChI=1S/C15H15NO4S/c1-9-3-4-12(5-10(9)2)20-7-13(17)15-16-11(8-21-15)6-14(18)19/h3-5,8H,6-7H2,1-2H3,(H,18,19)/p-1. The molecular formula is C15H14NO4S-. The zero-order chi connectivity index (χ0) is 15.4. The Bertz CT molecular complexity index is 678. The van der Waals surface area contributed by atoms with Crippen LogP contribution in [0, 0.1) is 13.8 Å². The lowest BCUT2D eigenvalue weighted by Crippen LogP contribution is -2.24. The maximum atomic E-state index is 11.9. The molecule has 0 fully saturated rings. The van der Waals surface area contributed by atoms with Crippen molar-refractivity contribution in [3.63, 3.8) is 0 Å². The molecule has 0 saturated heterocycles. The molecule has 6 heteroatoms. The van der Waals surface area contributed by atoms with Gasteiger partial charge in [-0.25, -0.2) is 4.98 Å². The highest BCUT2D eigenvalue weighted by Gasteiger charge is 2.12. The lowest BCUT2D eigenvalue weighted by molar-refractivity contribution is -0.304. The molecule has 0 atom stereocenters. The number of benzene rings is 1. The topological polar surface area (TPSA) is 79.3 Å². The molecule has 21 heavy (non-hydrogen) atoms. The Kier molecular flexibility index (Phi) is 4.70. The van der Waals surface area contributed by atoms with Gasteiger partial charge in [-0.05, 0) is 37.1 Å². The van der Waals surface area contributed by atoms with Crippen LogP contribution in [0.3, 0.4) is 0 Å². The molecule has 0 amide bonds. The van der Waals surface area contributed by atoms with Crippen LogP contribution in [0.1, 0.15) is 26.6 Å². The number of ketones is 1. The van der Waals surface area contributed by atoms with Gasteiger partial charge in [0, 0.05) is 17.8 Å². The maximum Gasteiger partial charge on any atom is 0.228 e. The van der Waals surface area contributed by atoms with Crippen LogP contribution in [-0.2, 0) is 11.2 Å². The summed E-state index contributed by atoms with van der Waals surface area (Å²) in [5, 5.41) is 12.2. The van der Waals surface area contributed by atoms with Gasteiger partial charge >= 0.3 is 0 Å². The van der Waals surface area contributed by atoms with Gasteiger partial charge in [-0.15, -0.1) is 11.3 Å². The molecule has 0 N–H and O–H groups in total. The van der Waals surface area contributed by atoms with Crippen LogP contribution in [0.25, 0.3) is 0 Å². The summed E-state index contributed by atoms with van der Waals surface area (Å²) >= 11 is 1.11. The van der Waals surface area contributed by atoms with Crippen LogP contribution in [0.4, 0.5) is 0 Å². The van der Waals surface area contributed by atoms with Crippen molar-refractivity contribution in [2.24, 2.45) is 0 Å². The van der Waals surface area contributed by atoms with E-state index in [0.29, 0.717) is 11.4 Å². The van der Waals surface area contributed by atoms with Gasteiger partial charge in [-0.2, -0.15) is 0 Å². The zero-order valence-corrected chi connectivity index (χ0v) is 12.5. The van der Waals surface area contributed by atoms with Crippen molar-refractivity contribution in [1.82, 2.24) is 4.98 Å². The predicted molar refractivity (Wildman–Crippen MR) is 76.6 cm³/mol. The summed E-state index contributed by atoms with van der Waals surface area (Å²) in [7, 11) is 0. The second kappa shape index (κ2) is 6.49. The molecule has 0 spiro atoms. The van der Waals surface area contributed by atoms with Gasteiger partial charge in [-0.1, -0.05) is 6.07 Å². The van der Waals surface area contributed by atoms with E-state index in [1.807, 2.05) is 26.0 Å². The van der Waals surface area contributed by atoms with Crippen molar-refractivity contribution in [1.29, 1.82) is 0 Å². The Balaban J connectivity index is 1.96. The van der Waals surface area contributed by atoms with E-state index in [0.717, 1.165) is 22.5 Å². The molecule has 1 aromatic heterocycles. The Labute approximate surface area is 126 Å². The SMILES string of the molecule is Cc1ccc(OCC(=O)c2nc(CC(=O)[O-])cs2)cc1C. The van der Waals surface area contributed by atoms with Gasteiger partial charge < -0.3 is 14.6 Å². The summed E-state index contributed by atoms with van der Waals surface area (Å²) in [4.78, 5) is 26.4. The van der Waals surface area contributed by atoms with Crippen LogP contribution >= 0.6 is 11.3 Å². The van der Waals surface area contributed by atoms with E-state index in [-0.39, 0.29) is 23.8 Å². The molecule has 0 bridgehead atoms. The summed E-state index contributed by atoms with van der Waals surface area (Å²) in [6, 6.07) is 5.60. The lowest BCUT2D eigenvalue weighted by Gasteiger charge is -2.06. The van der Waals surface area contributed by atoms with Crippen molar-refractivity contribution < 1.29 is 19.4 Å². The quantitative estimate of drug-likeness (QED) is 0.752. The summed E-state index contributed by atoms with van der Waals surface area (Å²) in [5.41, 5.74) is 2.57. The molecule has 0 saturated carbocycles. The van der Waals surface area contributed by atoms with Crippen LogP contribution in [0.15, 0.2) is 23.6 Å². The molecule has 110 valence electrons. The normalized spacial score (nSPS) is 10.4. The summed E-state index contributed by atoms with van der Waals surface area (Å²) in [6.45, 7) is 3.84. The second-order valence-electron chi connectivity index (χ2n) is 4.65. The van der Waals surface area contributed by atoms with Crippen molar-refractivity contribution in [3.8, 4) is 5.75 Å². The number of ether oxygens (including phenoxy) is 1. The average molecular weight is 304 g/mol. The highest BCUT2D eigenvalue weighted by molar-refractivity contribution is 7.11. The highest BCUT2D eigenvalue weighted by Crippen LogP contribution is 2.17. The molecule has 1 heterocycles. The maximum absolute atomic E-state index is 11.9. The molecule has 2 rings (SSSR count). The van der Waals surface area contributed by atoms with Gasteiger partial charge in [0.1, 0.15) is 5.75 Å². The molecule has 1 aromatic carbocycles. The van der Waals surface area contributed by atoms with Crippen LogP contribution < -0.4 is 9.84 Å². The van der Waals surface area contributed by atoms with E-state index in [4.69, 9.17) is 4.74 Å². The predicted octanol–water partition coefficient (Wildman–Crippen LogP) is 1.31. The summed E-state index contributed by atoms with van der Waals surface area (Å²) in [6.07, 6.45) is -0.290. The van der Waals surface area contributed by atoms with Gasteiger partial charge in [-0.3, -0.25) is 4.79 Å². The first-order valence-corrected chi connectivity index (χ1v) is 7.21. The average Bonchev–Trinajstić information content (AvgIpc) is 2.87. The number of aromatic nitrogens is 1. The van der Waals surface area contributed by atoms with Crippen molar-refractivity contribution in [2.75, 3.05) is 6.61 Å². The van der Waals surface area contributed by atoms with E-state index < -0.39 is 5.97 Å². The zero-order valence-electron chi connectivity index (χ0n) is 11.7. The number of hydrogen-bond acceptors (Lipinski definition) is 6. The fraction of sp³-hybridized carbons (Fsp3) is 0.267. The molecule has 5 nitrogen and oxygen atoms in total. The summed E-state index contributed by atoms with van der Waals surface area (Å²) < 4.78 is 5.44. The Morgan fingerprint density at radius 3 is 2.71 bits per heavy atom. The number of aliphatic carboxylic acids is 1. The van der Waals surface area contributed by atoms with E-state index in [2.05, 4.69) is 4.98 Å². The van der Waals surface area contributed by atoms with Gasteiger partial charge in [0.05, 0.1) is 5.69 Å². The monoisotopic (exact) mass is 304 g/mol. The minimum Gasteiger partial charge on any atom is -0.550 e. The Morgan fingerprint density at radius 2 is 2.05 bits per heavy atom. The number of carboxylic acids is 1. The molecule has 0 aliphatic rings. The second-order valence-corrected chi connectivity index (χ2v) is 5.51. The fourth-order valence-electron chi connectivity index (χ4n) is 1.68. The van der Waals surface area contributed by atoms with E-state index in [1.54, 1.807) is 11.4 Å². The first kappa shape index (κ1) is 15.2. The molecule has 0 radical (unpaired) electrons. The van der Waals surface area contributed by atoms with Crippen LogP contribution in [0.2, 0.25) is 0 Å². The van der Waals surface area contributed by atoms with Crippen molar-refractivity contribution in [2.45, 2.75) is 20.3 Å². The Morgan fingerprint density at radius 1 is 1.29 bits per heavy atom. The first-order valence-electron chi connectivity index (χ1n) is 6.33. The minimum absolute atomic E-state index is 0.124. The van der Waals surface area contributed by atoms with Crippen molar-refractivity contribution >= 4 is 23.1 Å². The van der Waals surface area contributed by atoms with Gasteiger partial charge in [0.25, 0.3) is 0 Å². The molecule has 0 unspecified atom stereocenters. The fourth-order valence-corrected chi connectivity index (χ4v) is 2.42. The highest BCUT2D eigenvalue weighted by atomic mass is 32.1. The third-order valence-corrected chi connectivity index (χ3v) is 3.90. The molecule has 0 aliphatic heterocycles. The number of carbonyl (C=O) groups is 2. The number of aryl methyl sites for hydroxylation is 2. The Hall–Kier alpha value is -2.21. The minimum atomic E-state index is -1.22. The van der Waals surface area contributed by atoms with Crippen LogP contribution in [0.5, 0.6) is 5.75 Å². The van der Waals surface area contributed by atoms with E-state index >= 15 is 0 Å². The van der Waals surface area contributed by atoms with Crippen LogP contribution in [-0.4, -0.2) is 23.3 Å². The summed E-state index contributed by atoms with van der Waals surface area (Å²) in [5.74, 6) is -0.869. The molecule has 0 aliphatic carbocycles. The number of thiazole rings is 1. The number of carboxylic acid groups (broad SMARTS) is 1. The third kappa shape index (κ3) is 4.13. The van der Waals surface area contributed by atoms with Gasteiger partial charge in [0.2, 0.25) is 5.78 Å². The van der Waals surface area contributed by atoms with Crippen molar-refractivity contribution in [3.05, 3.63) is 45.4 Å². The largest absolute Gasteiger partial charge is 0.550 e. The van der Waals surface area contributed by atoms with Gasteiger partial charge in [0.15, 0.2) is 11.6 Å². The number of carbonyl (C=O) groups excluding carboxylic acids is 2. The first-order chi connectivity index (χ1) is 9.95. The molecular weight excluding hydrogens is 290 g/mol. The number of nitrogens with zero attached hydrogens (tertiary/aromatic N) is 1. The lowest BCUT2D eigenvalue weighted by atomic mass is 10.1. The molecule has 2 aromatic rings. The van der Waals surface area contributed by atoms with E-state index in [9.17, 15) is 14.7 Å². The smallest absolute Gasteiger partial charge is 0.228 e. The number of hydrogen-bond donors (Lipinski definition) is 0.